The summed E-state index contributed by atoms with van der Waals surface area (Å²) in [4.78, 5) is 31.3. The number of β-amino-alcohol motifs (C(OH)–C–C–N with tert-alkyl or cyclic N) is 1. The Hall–Kier alpha value is -3.13. The highest BCUT2D eigenvalue weighted by atomic mass is 32.1. The standard InChI is InChI=1S/C23H25N7O4.2H2S/c1-29(21(32)10-14-5-6-20-18(9-14)24-23(33)34-20)19(13-30-8-7-17(31)12-30)15-3-2-4-16(11-15)22-25-27-28-26-22;;/h2-6,9,11,17,19,31H,7-8,10,12-13H2,1H3,(H,24,33)(H,25,26,27,28);2*1H2/t17-,19-;;/m1../s1. The van der Waals surface area contributed by atoms with Gasteiger partial charge in [0.25, 0.3) is 0 Å². The van der Waals surface area contributed by atoms with E-state index in [0.29, 0.717) is 30.0 Å². The van der Waals surface area contributed by atoms with Gasteiger partial charge < -0.3 is 14.4 Å². The van der Waals surface area contributed by atoms with Gasteiger partial charge in [0.15, 0.2) is 5.58 Å². The van der Waals surface area contributed by atoms with E-state index in [4.69, 9.17) is 4.42 Å². The second kappa shape index (κ2) is 11.7. The molecule has 1 saturated heterocycles. The average molecular weight is 532 g/mol. The molecule has 3 heterocycles. The first kappa shape index (κ1) is 27.5. The van der Waals surface area contributed by atoms with Crippen molar-refractivity contribution in [3.05, 3.63) is 64.1 Å². The number of oxazole rings is 1. The number of nitrogens with zero attached hydrogens (tertiary/aromatic N) is 5. The molecule has 1 fully saturated rings. The van der Waals surface area contributed by atoms with Gasteiger partial charge in [-0.15, -0.1) is 10.2 Å². The Balaban J connectivity index is 0.00000180. The average Bonchev–Trinajstić information content (AvgIpc) is 3.57. The van der Waals surface area contributed by atoms with Crippen LogP contribution in [0.1, 0.15) is 23.6 Å². The van der Waals surface area contributed by atoms with Crippen molar-refractivity contribution in [2.45, 2.75) is 25.0 Å². The van der Waals surface area contributed by atoms with E-state index in [1.54, 1.807) is 30.1 Å². The van der Waals surface area contributed by atoms with Crippen molar-refractivity contribution in [3.63, 3.8) is 0 Å². The van der Waals surface area contributed by atoms with E-state index in [9.17, 15) is 14.7 Å². The highest BCUT2D eigenvalue weighted by Gasteiger charge is 2.28. The molecule has 5 rings (SSSR count). The number of aliphatic hydroxyl groups excluding tert-OH is 1. The minimum Gasteiger partial charge on any atom is -0.408 e. The van der Waals surface area contributed by atoms with Crippen molar-refractivity contribution in [2.24, 2.45) is 0 Å². The van der Waals surface area contributed by atoms with Crippen molar-refractivity contribution in [1.82, 2.24) is 35.4 Å². The zero-order chi connectivity index (χ0) is 23.7. The number of likely N-dealkylation sites (N-methyl/N-ethyl adjacent to an activating group) is 1. The predicted octanol–water partition coefficient (Wildman–Crippen LogP) is 1.34. The van der Waals surface area contributed by atoms with E-state index in [1.165, 1.54) is 0 Å². The molecule has 2 aromatic heterocycles. The number of amides is 1. The molecule has 0 aliphatic carbocycles. The van der Waals surface area contributed by atoms with Crippen LogP contribution in [-0.2, 0) is 11.2 Å². The molecule has 1 aliphatic heterocycles. The first-order valence-corrected chi connectivity index (χ1v) is 11.1. The highest BCUT2D eigenvalue weighted by Crippen LogP contribution is 2.27. The zero-order valence-corrected chi connectivity index (χ0v) is 21.6. The summed E-state index contributed by atoms with van der Waals surface area (Å²) in [6.07, 6.45) is 0.538. The van der Waals surface area contributed by atoms with Crippen LogP contribution in [0, 0.1) is 0 Å². The minimum atomic E-state index is -0.523. The molecule has 192 valence electrons. The van der Waals surface area contributed by atoms with Gasteiger partial charge in [0.2, 0.25) is 11.7 Å². The number of H-pyrrole nitrogens is 2. The fourth-order valence-corrected chi connectivity index (χ4v) is 4.43. The molecule has 0 bridgehead atoms. The number of aliphatic hydroxyl groups is 1. The van der Waals surface area contributed by atoms with Crippen LogP contribution in [0.4, 0.5) is 0 Å². The molecule has 1 amide bonds. The Morgan fingerprint density at radius 3 is 2.83 bits per heavy atom. The van der Waals surface area contributed by atoms with Crippen LogP contribution in [-0.4, -0.2) is 79.2 Å². The Morgan fingerprint density at radius 1 is 1.28 bits per heavy atom. The third-order valence-electron chi connectivity index (χ3n) is 6.25. The molecule has 3 N–H and O–H groups in total. The van der Waals surface area contributed by atoms with Crippen LogP contribution < -0.4 is 5.76 Å². The largest absolute Gasteiger partial charge is 0.417 e. The third-order valence-corrected chi connectivity index (χ3v) is 6.25. The minimum absolute atomic E-state index is 0. The quantitative estimate of drug-likeness (QED) is 0.324. The molecule has 1 aliphatic rings. The van der Waals surface area contributed by atoms with Gasteiger partial charge in [-0.25, -0.2) is 4.79 Å². The fourth-order valence-electron chi connectivity index (χ4n) is 4.43. The molecule has 2 aromatic carbocycles. The van der Waals surface area contributed by atoms with E-state index in [1.807, 2.05) is 24.3 Å². The van der Waals surface area contributed by atoms with Crippen molar-refractivity contribution in [2.75, 3.05) is 26.7 Å². The summed E-state index contributed by atoms with van der Waals surface area (Å²) in [5.74, 6) is -0.113. The van der Waals surface area contributed by atoms with Crippen molar-refractivity contribution < 1.29 is 14.3 Å². The SMILES string of the molecule is CN(C(=O)Cc1ccc2oc(=O)[nH]c2c1)[C@H](CN1CC[C@@H](O)C1)c1cccc(-c2nn[nH]n2)c1.S.S. The van der Waals surface area contributed by atoms with Gasteiger partial charge in [-0.05, 0) is 41.0 Å². The summed E-state index contributed by atoms with van der Waals surface area (Å²) in [5, 5.41) is 24.2. The number of nitrogens with one attached hydrogen (secondary N) is 2. The molecule has 11 nitrogen and oxygen atoms in total. The van der Waals surface area contributed by atoms with Crippen LogP contribution >= 0.6 is 27.0 Å². The smallest absolute Gasteiger partial charge is 0.408 e. The molecular weight excluding hydrogens is 502 g/mol. The second-order valence-corrected chi connectivity index (χ2v) is 8.61. The van der Waals surface area contributed by atoms with Crippen molar-refractivity contribution in [3.8, 4) is 11.4 Å². The number of carbonyl (C=O) groups excluding carboxylic acids is 1. The normalized spacial score (nSPS) is 16.3. The van der Waals surface area contributed by atoms with Crippen LogP contribution in [0.2, 0.25) is 0 Å². The Morgan fingerprint density at radius 2 is 2.11 bits per heavy atom. The van der Waals surface area contributed by atoms with Gasteiger partial charge >= 0.3 is 5.76 Å². The lowest BCUT2D eigenvalue weighted by molar-refractivity contribution is -0.131. The summed E-state index contributed by atoms with van der Waals surface area (Å²) < 4.78 is 5.05. The predicted molar refractivity (Wildman–Crippen MR) is 143 cm³/mol. The monoisotopic (exact) mass is 531 g/mol. The topological polar surface area (TPSA) is 144 Å². The summed E-state index contributed by atoms with van der Waals surface area (Å²) in [6.45, 7) is 1.94. The van der Waals surface area contributed by atoms with E-state index in [0.717, 1.165) is 29.7 Å². The summed E-state index contributed by atoms with van der Waals surface area (Å²) in [6, 6.07) is 12.7. The molecule has 2 atom stereocenters. The Bertz CT molecular complexity index is 1360. The maximum Gasteiger partial charge on any atom is 0.417 e. The van der Waals surface area contributed by atoms with Crippen molar-refractivity contribution in [1.29, 1.82) is 0 Å². The number of tetrazole rings is 1. The Labute approximate surface area is 220 Å². The number of likely N-dealkylation sites (tertiary alicyclic amines) is 1. The highest BCUT2D eigenvalue weighted by molar-refractivity contribution is 7.59. The number of rotatable bonds is 7. The maximum atomic E-state index is 13.3. The molecule has 4 aromatic rings. The molecule has 0 unspecified atom stereocenters. The lowest BCUT2D eigenvalue weighted by Gasteiger charge is -2.32. The number of fused-ring (bicyclic) bond motifs is 1. The number of carbonyl (C=O) groups is 1. The molecule has 0 saturated carbocycles. The van der Waals surface area contributed by atoms with E-state index in [2.05, 4.69) is 30.5 Å². The lowest BCUT2D eigenvalue weighted by atomic mass is 10.0. The van der Waals surface area contributed by atoms with Crippen LogP contribution in [0.15, 0.2) is 51.7 Å². The van der Waals surface area contributed by atoms with Gasteiger partial charge in [-0.2, -0.15) is 32.2 Å². The molecule has 36 heavy (non-hydrogen) atoms. The number of hydrogen-bond acceptors (Lipinski definition) is 8. The van der Waals surface area contributed by atoms with E-state index in [-0.39, 0.29) is 51.5 Å². The molecular formula is C23H29N7O4S2. The van der Waals surface area contributed by atoms with Crippen LogP contribution in [0.3, 0.4) is 0 Å². The van der Waals surface area contributed by atoms with Crippen LogP contribution in [0.25, 0.3) is 22.5 Å². The lowest BCUT2D eigenvalue weighted by Crippen LogP contribution is -2.39. The van der Waals surface area contributed by atoms with Gasteiger partial charge in [-0.1, -0.05) is 24.3 Å². The van der Waals surface area contributed by atoms with E-state index < -0.39 is 5.76 Å². The van der Waals surface area contributed by atoms with Gasteiger partial charge in [0.1, 0.15) is 0 Å². The molecule has 0 radical (unpaired) electrons. The number of aromatic nitrogens is 5. The molecule has 0 spiro atoms. The Kier molecular flexibility index (Phi) is 8.95. The van der Waals surface area contributed by atoms with Gasteiger partial charge in [-0.3, -0.25) is 14.7 Å². The first-order chi connectivity index (χ1) is 16.5. The summed E-state index contributed by atoms with van der Waals surface area (Å²) in [5.41, 5.74) is 3.53. The van der Waals surface area contributed by atoms with Crippen molar-refractivity contribution >= 4 is 44.0 Å². The summed E-state index contributed by atoms with van der Waals surface area (Å²) >= 11 is 0. The number of aromatic amines is 2. The second-order valence-electron chi connectivity index (χ2n) is 8.61. The van der Waals surface area contributed by atoms with Gasteiger partial charge in [0.05, 0.1) is 24.1 Å². The number of hydrogen-bond donors (Lipinski definition) is 3. The summed E-state index contributed by atoms with van der Waals surface area (Å²) in [7, 11) is 1.79. The third kappa shape index (κ3) is 5.98. The molecule has 13 heteroatoms. The zero-order valence-electron chi connectivity index (χ0n) is 19.6. The van der Waals surface area contributed by atoms with Gasteiger partial charge in [0, 0.05) is 32.2 Å². The van der Waals surface area contributed by atoms with E-state index >= 15 is 0 Å². The maximum absolute atomic E-state index is 13.3. The van der Waals surface area contributed by atoms with Crippen LogP contribution in [0.5, 0.6) is 0 Å². The fraction of sp³-hybridized carbons (Fsp3) is 0.348. The first-order valence-electron chi connectivity index (χ1n) is 11.1. The number of benzene rings is 2.